The lowest BCUT2D eigenvalue weighted by Gasteiger charge is -2.32. The smallest absolute Gasteiger partial charge is 0.222 e. The molecule has 0 spiro atoms. The first-order valence-corrected chi connectivity index (χ1v) is 9.14. The molecule has 0 N–H and O–H groups in total. The van der Waals surface area contributed by atoms with Crippen LogP contribution in [0.1, 0.15) is 31.2 Å². The number of carbonyl (C=O) groups is 1. The monoisotopic (exact) mass is 341 g/mol. The minimum absolute atomic E-state index is 0.264. The van der Waals surface area contributed by atoms with E-state index in [0.717, 1.165) is 44.6 Å². The number of likely N-dealkylation sites (tertiary alicyclic amines) is 1. The van der Waals surface area contributed by atoms with Gasteiger partial charge in [-0.05, 0) is 43.9 Å². The van der Waals surface area contributed by atoms with Crippen LogP contribution in [0, 0.1) is 12.8 Å². The third-order valence-electron chi connectivity index (χ3n) is 4.71. The van der Waals surface area contributed by atoms with Gasteiger partial charge in [0.25, 0.3) is 0 Å². The van der Waals surface area contributed by atoms with Gasteiger partial charge in [-0.15, -0.1) is 0 Å². The Morgan fingerprint density at radius 3 is 3.12 bits per heavy atom. The minimum atomic E-state index is 0.264. The SMILES string of the molecule is Cc1cccc(OC[C@H]2CCCN(C(=O)CCCn3ccnc3)C2)c1. The third kappa shape index (κ3) is 5.34. The lowest BCUT2D eigenvalue weighted by molar-refractivity contribution is -0.133. The molecular weight excluding hydrogens is 314 g/mol. The summed E-state index contributed by atoms with van der Waals surface area (Å²) in [6.45, 7) is 5.29. The lowest BCUT2D eigenvalue weighted by atomic mass is 9.98. The third-order valence-corrected chi connectivity index (χ3v) is 4.71. The molecule has 2 heterocycles. The standard InChI is InChI=1S/C20H27N3O2/c1-17-5-2-7-19(13-17)25-15-18-6-3-11-23(14-18)20(24)8-4-10-22-12-9-21-16-22/h2,5,7,9,12-13,16,18H,3-4,6,8,10-11,14-15H2,1H3/t18-/m0/s1. The van der Waals surface area contributed by atoms with Crippen LogP contribution in [0.15, 0.2) is 43.0 Å². The highest BCUT2D eigenvalue weighted by molar-refractivity contribution is 5.76. The predicted molar refractivity (Wildman–Crippen MR) is 97.4 cm³/mol. The van der Waals surface area contributed by atoms with E-state index >= 15 is 0 Å². The highest BCUT2D eigenvalue weighted by atomic mass is 16.5. The number of carbonyl (C=O) groups excluding carboxylic acids is 1. The molecule has 25 heavy (non-hydrogen) atoms. The van der Waals surface area contributed by atoms with E-state index in [4.69, 9.17) is 4.74 Å². The first-order chi connectivity index (χ1) is 12.2. The summed E-state index contributed by atoms with van der Waals surface area (Å²) >= 11 is 0. The quantitative estimate of drug-likeness (QED) is 0.776. The average molecular weight is 341 g/mol. The van der Waals surface area contributed by atoms with E-state index in [-0.39, 0.29) is 5.91 Å². The molecule has 2 aromatic rings. The topological polar surface area (TPSA) is 47.4 Å². The molecule has 134 valence electrons. The van der Waals surface area contributed by atoms with Crippen molar-refractivity contribution in [2.75, 3.05) is 19.7 Å². The van der Waals surface area contributed by atoms with Crippen molar-refractivity contribution in [1.29, 1.82) is 0 Å². The Morgan fingerprint density at radius 1 is 1.40 bits per heavy atom. The Morgan fingerprint density at radius 2 is 2.32 bits per heavy atom. The zero-order valence-electron chi connectivity index (χ0n) is 14.9. The predicted octanol–water partition coefficient (Wildman–Crippen LogP) is 3.29. The fourth-order valence-electron chi connectivity index (χ4n) is 3.34. The molecule has 3 rings (SSSR count). The van der Waals surface area contributed by atoms with Crippen LogP contribution < -0.4 is 4.74 Å². The first-order valence-electron chi connectivity index (χ1n) is 9.14. The maximum Gasteiger partial charge on any atom is 0.222 e. The first kappa shape index (κ1) is 17.5. The van der Waals surface area contributed by atoms with Gasteiger partial charge in [-0.3, -0.25) is 4.79 Å². The van der Waals surface area contributed by atoms with Crippen LogP contribution in [0.4, 0.5) is 0 Å². The van der Waals surface area contributed by atoms with Crippen LogP contribution in [0.25, 0.3) is 0 Å². The number of ether oxygens (including phenoxy) is 1. The van der Waals surface area contributed by atoms with Crippen molar-refractivity contribution in [3.63, 3.8) is 0 Å². The number of hydrogen-bond acceptors (Lipinski definition) is 3. The normalized spacial score (nSPS) is 17.5. The van der Waals surface area contributed by atoms with Gasteiger partial charge in [0.05, 0.1) is 12.9 Å². The van der Waals surface area contributed by atoms with Gasteiger partial charge in [0.1, 0.15) is 5.75 Å². The molecule has 1 amide bonds. The second-order valence-corrected chi connectivity index (χ2v) is 6.88. The summed E-state index contributed by atoms with van der Waals surface area (Å²) in [5, 5.41) is 0. The van der Waals surface area contributed by atoms with Crippen LogP contribution in [0.2, 0.25) is 0 Å². The highest BCUT2D eigenvalue weighted by Crippen LogP contribution is 2.20. The Bertz CT molecular complexity index is 669. The highest BCUT2D eigenvalue weighted by Gasteiger charge is 2.23. The zero-order chi connectivity index (χ0) is 17.5. The van der Waals surface area contributed by atoms with Crippen LogP contribution in [0.3, 0.4) is 0 Å². The molecule has 0 aliphatic carbocycles. The van der Waals surface area contributed by atoms with Crippen molar-refractivity contribution in [2.24, 2.45) is 5.92 Å². The molecule has 0 bridgehead atoms. The fourth-order valence-corrected chi connectivity index (χ4v) is 3.34. The molecule has 0 radical (unpaired) electrons. The number of rotatable bonds is 7. The fraction of sp³-hybridized carbons (Fsp3) is 0.500. The summed E-state index contributed by atoms with van der Waals surface area (Å²) < 4.78 is 7.95. The maximum absolute atomic E-state index is 12.5. The largest absolute Gasteiger partial charge is 0.493 e. The molecule has 1 saturated heterocycles. The molecule has 5 nitrogen and oxygen atoms in total. The number of aryl methyl sites for hydroxylation is 2. The number of piperidine rings is 1. The number of hydrogen-bond donors (Lipinski definition) is 0. The number of amides is 1. The average Bonchev–Trinajstić information content (AvgIpc) is 3.14. The van der Waals surface area contributed by atoms with Crippen molar-refractivity contribution in [3.05, 3.63) is 48.5 Å². The zero-order valence-corrected chi connectivity index (χ0v) is 14.9. The molecule has 1 aromatic carbocycles. The van der Waals surface area contributed by atoms with Crippen molar-refractivity contribution < 1.29 is 9.53 Å². The van der Waals surface area contributed by atoms with Crippen LogP contribution in [-0.2, 0) is 11.3 Å². The molecule has 5 heteroatoms. The van der Waals surface area contributed by atoms with Crippen LogP contribution >= 0.6 is 0 Å². The van der Waals surface area contributed by atoms with Gasteiger partial charge < -0.3 is 14.2 Å². The summed E-state index contributed by atoms with van der Waals surface area (Å²) in [4.78, 5) is 18.5. The van der Waals surface area contributed by atoms with Gasteiger partial charge in [0.2, 0.25) is 5.91 Å². The lowest BCUT2D eigenvalue weighted by Crippen LogP contribution is -2.41. The molecule has 1 aliphatic rings. The van der Waals surface area contributed by atoms with Gasteiger partial charge in [0.15, 0.2) is 0 Å². The van der Waals surface area contributed by atoms with Gasteiger partial charge in [-0.2, -0.15) is 0 Å². The van der Waals surface area contributed by atoms with E-state index in [1.807, 2.05) is 27.8 Å². The second kappa shape index (κ2) is 8.70. The Kier molecular flexibility index (Phi) is 6.09. The van der Waals surface area contributed by atoms with Crippen molar-refractivity contribution in [2.45, 2.75) is 39.2 Å². The van der Waals surface area contributed by atoms with Gasteiger partial charge >= 0.3 is 0 Å². The molecule has 0 saturated carbocycles. The van der Waals surface area contributed by atoms with E-state index in [2.05, 4.69) is 24.0 Å². The van der Waals surface area contributed by atoms with Gasteiger partial charge in [-0.25, -0.2) is 4.98 Å². The Balaban J connectivity index is 1.41. The van der Waals surface area contributed by atoms with Crippen molar-refractivity contribution in [3.8, 4) is 5.75 Å². The van der Waals surface area contributed by atoms with Crippen molar-refractivity contribution >= 4 is 5.91 Å². The molecule has 0 unspecified atom stereocenters. The number of aromatic nitrogens is 2. The molecular formula is C20H27N3O2. The number of benzene rings is 1. The van der Waals surface area contributed by atoms with Crippen molar-refractivity contribution in [1.82, 2.24) is 14.5 Å². The van der Waals surface area contributed by atoms with E-state index < -0.39 is 0 Å². The number of nitrogens with zero attached hydrogens (tertiary/aromatic N) is 3. The van der Waals surface area contributed by atoms with Crippen LogP contribution in [-0.4, -0.2) is 40.1 Å². The van der Waals surface area contributed by atoms with Crippen LogP contribution in [0.5, 0.6) is 5.75 Å². The van der Waals surface area contributed by atoms with E-state index in [1.165, 1.54) is 5.56 Å². The number of imidazole rings is 1. The van der Waals surface area contributed by atoms with E-state index in [0.29, 0.717) is 18.9 Å². The Hall–Kier alpha value is -2.30. The van der Waals surface area contributed by atoms with Gasteiger partial charge in [0, 0.05) is 44.4 Å². The Labute approximate surface area is 149 Å². The summed E-state index contributed by atoms with van der Waals surface area (Å²) in [6.07, 6.45) is 9.15. The summed E-state index contributed by atoms with van der Waals surface area (Å²) in [5.41, 5.74) is 1.20. The summed E-state index contributed by atoms with van der Waals surface area (Å²) in [6, 6.07) is 8.13. The summed E-state index contributed by atoms with van der Waals surface area (Å²) in [5.74, 6) is 1.61. The molecule has 1 atom stereocenters. The van der Waals surface area contributed by atoms with Gasteiger partial charge in [-0.1, -0.05) is 12.1 Å². The van der Waals surface area contributed by atoms with E-state index in [1.54, 1.807) is 12.5 Å². The molecule has 1 aliphatic heterocycles. The van der Waals surface area contributed by atoms with E-state index in [9.17, 15) is 4.79 Å². The molecule has 1 aromatic heterocycles. The minimum Gasteiger partial charge on any atom is -0.493 e. The second-order valence-electron chi connectivity index (χ2n) is 6.88. The maximum atomic E-state index is 12.5. The summed E-state index contributed by atoms with van der Waals surface area (Å²) in [7, 11) is 0. The molecule has 1 fully saturated rings.